The summed E-state index contributed by atoms with van der Waals surface area (Å²) in [4.78, 5) is 16.4. The molecule has 1 aromatic heterocycles. The number of amides is 1. The van der Waals surface area contributed by atoms with Crippen LogP contribution in [0.25, 0.3) is 0 Å². The first-order valence-electron chi connectivity index (χ1n) is 7.61. The zero-order valence-corrected chi connectivity index (χ0v) is 12.7. The minimum atomic E-state index is 0.0349. The van der Waals surface area contributed by atoms with E-state index in [1.807, 2.05) is 18.2 Å². The average molecular weight is 296 g/mol. The van der Waals surface area contributed by atoms with Gasteiger partial charge in [0.15, 0.2) is 0 Å². The van der Waals surface area contributed by atoms with E-state index in [9.17, 15) is 4.79 Å². The lowest BCUT2D eigenvalue weighted by Crippen LogP contribution is -2.17. The van der Waals surface area contributed by atoms with E-state index < -0.39 is 0 Å². The van der Waals surface area contributed by atoms with Gasteiger partial charge in [-0.2, -0.15) is 0 Å². The van der Waals surface area contributed by atoms with Crippen LogP contribution in [0.2, 0.25) is 0 Å². The van der Waals surface area contributed by atoms with Crippen molar-refractivity contribution in [3.63, 3.8) is 0 Å². The molecule has 0 saturated heterocycles. The minimum Gasteiger partial charge on any atom is -0.481 e. The Morgan fingerprint density at radius 1 is 1.27 bits per heavy atom. The molecule has 1 heterocycles. The number of carbonyl (C=O) groups is 1. The molecule has 1 atom stereocenters. The fraction of sp³-hybridized carbons (Fsp3) is 0.333. The summed E-state index contributed by atoms with van der Waals surface area (Å²) < 4.78 is 5.01. The Bertz CT molecular complexity index is 621. The first-order chi connectivity index (χ1) is 10.8. The number of nitrogens with one attached hydrogen (secondary N) is 1. The zero-order chi connectivity index (χ0) is 15.4. The van der Waals surface area contributed by atoms with Gasteiger partial charge in [0.25, 0.3) is 0 Å². The maximum absolute atomic E-state index is 12.3. The second kappa shape index (κ2) is 6.60. The Labute approximate surface area is 130 Å². The van der Waals surface area contributed by atoms with Gasteiger partial charge in [-0.15, -0.1) is 0 Å². The van der Waals surface area contributed by atoms with Gasteiger partial charge in [-0.25, -0.2) is 4.98 Å². The number of pyridine rings is 1. The Hall–Kier alpha value is -2.36. The molecule has 0 radical (unpaired) electrons. The molecule has 3 rings (SSSR count). The van der Waals surface area contributed by atoms with Crippen molar-refractivity contribution < 1.29 is 9.53 Å². The lowest BCUT2D eigenvalue weighted by Gasteiger charge is -2.16. The highest BCUT2D eigenvalue weighted by molar-refractivity contribution is 5.91. The number of nitrogens with zero attached hydrogens (tertiary/aromatic N) is 1. The normalized spacial score (nSPS) is 15.1. The predicted molar refractivity (Wildman–Crippen MR) is 85.9 cm³/mol. The van der Waals surface area contributed by atoms with Gasteiger partial charge < -0.3 is 10.1 Å². The van der Waals surface area contributed by atoms with Crippen molar-refractivity contribution in [2.45, 2.75) is 25.2 Å². The molecule has 1 N–H and O–H groups in total. The van der Waals surface area contributed by atoms with E-state index in [-0.39, 0.29) is 5.91 Å². The molecule has 1 aliphatic carbocycles. The number of rotatable bonds is 6. The third kappa shape index (κ3) is 3.64. The van der Waals surface area contributed by atoms with Gasteiger partial charge in [0.1, 0.15) is 0 Å². The van der Waals surface area contributed by atoms with Crippen molar-refractivity contribution in [3.8, 4) is 5.88 Å². The van der Waals surface area contributed by atoms with E-state index in [4.69, 9.17) is 4.74 Å². The van der Waals surface area contributed by atoms with Crippen LogP contribution < -0.4 is 10.1 Å². The lowest BCUT2D eigenvalue weighted by atomic mass is 9.91. The van der Waals surface area contributed by atoms with Gasteiger partial charge in [0, 0.05) is 12.5 Å². The highest BCUT2D eigenvalue weighted by atomic mass is 16.5. The zero-order valence-electron chi connectivity index (χ0n) is 12.7. The van der Waals surface area contributed by atoms with E-state index in [0.717, 1.165) is 0 Å². The van der Waals surface area contributed by atoms with Crippen molar-refractivity contribution >= 4 is 11.6 Å². The van der Waals surface area contributed by atoms with Gasteiger partial charge in [-0.3, -0.25) is 4.79 Å². The number of hydrogen-bond donors (Lipinski definition) is 1. The van der Waals surface area contributed by atoms with Crippen molar-refractivity contribution in [1.82, 2.24) is 4.98 Å². The molecule has 22 heavy (non-hydrogen) atoms. The first-order valence-corrected chi connectivity index (χ1v) is 7.61. The first kappa shape index (κ1) is 14.6. The van der Waals surface area contributed by atoms with Crippen LogP contribution in [0.3, 0.4) is 0 Å². The second-order valence-corrected chi connectivity index (χ2v) is 5.70. The van der Waals surface area contributed by atoms with Crippen LogP contribution in [0.15, 0.2) is 48.7 Å². The van der Waals surface area contributed by atoms with E-state index in [1.165, 1.54) is 18.4 Å². The largest absolute Gasteiger partial charge is 0.481 e. The highest BCUT2D eigenvalue weighted by Gasteiger charge is 2.33. The van der Waals surface area contributed by atoms with Gasteiger partial charge in [-0.1, -0.05) is 30.3 Å². The summed E-state index contributed by atoms with van der Waals surface area (Å²) in [6.45, 7) is 0. The Balaban J connectivity index is 1.64. The van der Waals surface area contributed by atoms with Crippen LogP contribution in [-0.4, -0.2) is 18.0 Å². The Morgan fingerprint density at radius 3 is 2.64 bits per heavy atom. The quantitative estimate of drug-likeness (QED) is 0.886. The van der Waals surface area contributed by atoms with Crippen molar-refractivity contribution in [2.24, 2.45) is 5.92 Å². The molecule has 4 nitrogen and oxygen atoms in total. The molecular weight excluding hydrogens is 276 g/mol. The van der Waals surface area contributed by atoms with E-state index in [0.29, 0.717) is 29.8 Å². The van der Waals surface area contributed by atoms with Gasteiger partial charge in [-0.05, 0) is 36.3 Å². The Morgan fingerprint density at radius 2 is 2.05 bits per heavy atom. The van der Waals surface area contributed by atoms with Crippen molar-refractivity contribution in [1.29, 1.82) is 0 Å². The fourth-order valence-corrected chi connectivity index (χ4v) is 2.74. The summed E-state index contributed by atoms with van der Waals surface area (Å²) >= 11 is 0. The summed E-state index contributed by atoms with van der Waals surface area (Å²) in [5.41, 5.74) is 1.96. The summed E-state index contributed by atoms with van der Waals surface area (Å²) in [6.07, 6.45) is 4.57. The molecule has 1 aromatic carbocycles. The van der Waals surface area contributed by atoms with Crippen molar-refractivity contribution in [2.75, 3.05) is 12.4 Å². The molecule has 1 aliphatic rings. The van der Waals surface area contributed by atoms with Gasteiger partial charge >= 0.3 is 0 Å². The highest BCUT2D eigenvalue weighted by Crippen LogP contribution is 2.44. The minimum absolute atomic E-state index is 0.0349. The molecule has 1 amide bonds. The smallest absolute Gasteiger partial charge is 0.225 e. The van der Waals surface area contributed by atoms with Crippen molar-refractivity contribution in [3.05, 3.63) is 54.2 Å². The number of ether oxygens (including phenoxy) is 1. The summed E-state index contributed by atoms with van der Waals surface area (Å²) in [5.74, 6) is 1.53. The molecule has 0 bridgehead atoms. The van der Waals surface area contributed by atoms with Crippen LogP contribution in [0, 0.1) is 5.92 Å². The maximum atomic E-state index is 12.3. The van der Waals surface area contributed by atoms with E-state index in [2.05, 4.69) is 22.4 Å². The van der Waals surface area contributed by atoms with Crippen LogP contribution >= 0.6 is 0 Å². The molecule has 1 fully saturated rings. The molecule has 114 valence electrons. The number of hydrogen-bond acceptors (Lipinski definition) is 3. The maximum Gasteiger partial charge on any atom is 0.225 e. The summed E-state index contributed by atoms with van der Waals surface area (Å²) in [7, 11) is 1.57. The molecular formula is C18H20N2O2. The Kier molecular flexibility index (Phi) is 4.37. The van der Waals surface area contributed by atoms with Crippen LogP contribution in [0.5, 0.6) is 5.88 Å². The molecule has 1 unspecified atom stereocenters. The third-order valence-corrected chi connectivity index (χ3v) is 4.05. The third-order valence-electron chi connectivity index (χ3n) is 4.05. The van der Waals surface area contributed by atoms with Crippen LogP contribution in [-0.2, 0) is 4.79 Å². The lowest BCUT2D eigenvalue weighted by molar-refractivity contribution is -0.116. The summed E-state index contributed by atoms with van der Waals surface area (Å²) in [6, 6.07) is 13.9. The van der Waals surface area contributed by atoms with E-state index in [1.54, 1.807) is 25.4 Å². The van der Waals surface area contributed by atoms with Crippen LogP contribution in [0.4, 0.5) is 5.69 Å². The van der Waals surface area contributed by atoms with E-state index >= 15 is 0 Å². The monoisotopic (exact) mass is 296 g/mol. The SMILES string of the molecule is COc1ccc(NC(=O)CC(c2ccccc2)C2CC2)cn1. The molecule has 0 spiro atoms. The topological polar surface area (TPSA) is 51.2 Å². The number of carbonyl (C=O) groups excluding carboxylic acids is 1. The second-order valence-electron chi connectivity index (χ2n) is 5.70. The summed E-state index contributed by atoms with van der Waals surface area (Å²) in [5, 5.41) is 2.92. The molecule has 0 aliphatic heterocycles. The number of methoxy groups -OCH3 is 1. The molecule has 2 aromatic rings. The fourth-order valence-electron chi connectivity index (χ4n) is 2.74. The number of aromatic nitrogens is 1. The molecule has 4 heteroatoms. The molecule has 1 saturated carbocycles. The standard InChI is InChI=1S/C18H20N2O2/c1-22-18-10-9-15(12-19-18)20-17(21)11-16(14-7-8-14)13-5-3-2-4-6-13/h2-6,9-10,12,14,16H,7-8,11H2,1H3,(H,20,21). The average Bonchev–Trinajstić information content (AvgIpc) is 3.39. The predicted octanol–water partition coefficient (Wildman–Crippen LogP) is 3.61. The van der Waals surface area contributed by atoms with Crippen LogP contribution in [0.1, 0.15) is 30.7 Å². The van der Waals surface area contributed by atoms with Gasteiger partial charge in [0.2, 0.25) is 11.8 Å². The number of anilines is 1. The van der Waals surface area contributed by atoms with Gasteiger partial charge in [0.05, 0.1) is 19.0 Å². The number of benzene rings is 1.